The summed E-state index contributed by atoms with van der Waals surface area (Å²) in [5, 5.41) is -0.515. The predicted molar refractivity (Wildman–Crippen MR) is 94.8 cm³/mol. The summed E-state index contributed by atoms with van der Waals surface area (Å²) in [4.78, 5) is 11.2. The van der Waals surface area contributed by atoms with E-state index >= 15 is 0 Å². The second kappa shape index (κ2) is 7.61. The first kappa shape index (κ1) is 18.9. The first-order valence-electron chi connectivity index (χ1n) is 6.56. The second-order valence-corrected chi connectivity index (χ2v) is 7.74. The number of benzene rings is 2. The molecule has 0 unspecified atom stereocenters. The molecule has 0 amide bonds. The number of carbonyl (C=O) groups excluding carboxylic acids is 1. The van der Waals surface area contributed by atoms with E-state index in [-0.39, 0.29) is 20.6 Å². The number of nitrogens with zero attached hydrogens (tertiary/aromatic N) is 1. The minimum atomic E-state index is -4.06. The summed E-state index contributed by atoms with van der Waals surface area (Å²) in [6, 6.07) is 10.1. The van der Waals surface area contributed by atoms with Crippen LogP contribution in [0.3, 0.4) is 0 Å². The summed E-state index contributed by atoms with van der Waals surface area (Å²) in [6.45, 7) is -0.531. The van der Waals surface area contributed by atoms with Crippen LogP contribution in [-0.4, -0.2) is 27.3 Å². The van der Waals surface area contributed by atoms with E-state index in [0.29, 0.717) is 5.75 Å². The molecule has 0 heterocycles. The number of sulfonamides is 1. The zero-order valence-electron chi connectivity index (χ0n) is 12.4. The lowest BCUT2D eigenvalue weighted by atomic mass is 10.3. The Morgan fingerprint density at radius 3 is 2.21 bits per heavy atom. The Kier molecular flexibility index (Phi) is 5.98. The van der Waals surface area contributed by atoms with E-state index in [1.165, 1.54) is 37.4 Å². The van der Waals surface area contributed by atoms with Crippen molar-refractivity contribution >= 4 is 55.8 Å². The van der Waals surface area contributed by atoms with E-state index in [0.717, 1.165) is 4.31 Å². The fourth-order valence-corrected chi connectivity index (χ4v) is 3.94. The zero-order valence-corrected chi connectivity index (χ0v) is 15.5. The molecule has 2 aromatic rings. The summed E-state index contributed by atoms with van der Waals surface area (Å²) >= 11 is 17.1. The van der Waals surface area contributed by atoms with E-state index in [9.17, 15) is 13.2 Å². The minimum absolute atomic E-state index is 0.0876. The molecular weight excluding hydrogens is 397 g/mol. The molecule has 0 fully saturated rings. The van der Waals surface area contributed by atoms with Gasteiger partial charge in [0.1, 0.15) is 12.3 Å². The molecule has 5 nitrogen and oxygen atoms in total. The van der Waals surface area contributed by atoms with Crippen molar-refractivity contribution in [2.24, 2.45) is 0 Å². The quantitative estimate of drug-likeness (QED) is 0.679. The van der Waals surface area contributed by atoms with Crippen LogP contribution < -0.4 is 9.04 Å². The van der Waals surface area contributed by atoms with Crippen molar-refractivity contribution in [3.8, 4) is 5.75 Å². The molecule has 0 atom stereocenters. The van der Waals surface area contributed by atoms with Crippen LogP contribution in [0.25, 0.3) is 0 Å². The Morgan fingerprint density at radius 2 is 1.71 bits per heavy atom. The van der Waals surface area contributed by atoms with Crippen LogP contribution in [0.15, 0.2) is 47.4 Å². The van der Waals surface area contributed by atoms with Crippen molar-refractivity contribution in [1.82, 2.24) is 0 Å². The molecule has 0 aliphatic heterocycles. The highest BCUT2D eigenvalue weighted by Crippen LogP contribution is 2.30. The number of anilines is 1. The average molecular weight is 409 g/mol. The minimum Gasteiger partial charge on any atom is -0.497 e. The van der Waals surface area contributed by atoms with Gasteiger partial charge in [0.25, 0.3) is 10.0 Å². The molecule has 0 saturated heterocycles. The van der Waals surface area contributed by atoms with E-state index in [1.807, 2.05) is 0 Å². The van der Waals surface area contributed by atoms with Gasteiger partial charge >= 0.3 is 0 Å². The predicted octanol–water partition coefficient (Wildman–Crippen LogP) is 3.96. The third-order valence-electron chi connectivity index (χ3n) is 3.11. The van der Waals surface area contributed by atoms with Gasteiger partial charge in [-0.05, 0) is 54.1 Å². The standard InChI is InChI=1S/C15H12Cl3NO4S/c1-23-11-4-2-10(3-5-11)19(9-15(18)20)24(21,22)12-6-7-13(16)14(17)8-12/h2-8H,9H2,1H3. The van der Waals surface area contributed by atoms with E-state index in [1.54, 1.807) is 12.1 Å². The molecule has 0 aromatic heterocycles. The van der Waals surface area contributed by atoms with Crippen LogP contribution in [0.1, 0.15) is 0 Å². The van der Waals surface area contributed by atoms with E-state index < -0.39 is 21.8 Å². The van der Waals surface area contributed by atoms with Crippen LogP contribution in [0.5, 0.6) is 5.75 Å². The molecule has 0 saturated carbocycles. The number of halogens is 3. The average Bonchev–Trinajstić information content (AvgIpc) is 2.55. The van der Waals surface area contributed by atoms with Crippen LogP contribution in [-0.2, 0) is 14.8 Å². The number of methoxy groups -OCH3 is 1. The third kappa shape index (κ3) is 4.13. The molecule has 2 aromatic carbocycles. The lowest BCUT2D eigenvalue weighted by Gasteiger charge is -2.23. The van der Waals surface area contributed by atoms with Crippen LogP contribution in [0, 0.1) is 0 Å². The van der Waals surface area contributed by atoms with Gasteiger partial charge in [-0.1, -0.05) is 23.2 Å². The normalized spacial score (nSPS) is 11.2. The second-order valence-electron chi connectivity index (χ2n) is 4.64. The monoisotopic (exact) mass is 407 g/mol. The summed E-state index contributed by atoms with van der Waals surface area (Å²) < 4.78 is 31.7. The van der Waals surface area contributed by atoms with Gasteiger partial charge in [-0.25, -0.2) is 8.42 Å². The lowest BCUT2D eigenvalue weighted by Crippen LogP contribution is -2.34. The van der Waals surface area contributed by atoms with Gasteiger partial charge in [-0.2, -0.15) is 0 Å². The maximum atomic E-state index is 12.9. The molecular formula is C15H12Cl3NO4S. The summed E-state index contributed by atoms with van der Waals surface area (Å²) in [7, 11) is -2.58. The van der Waals surface area contributed by atoms with Gasteiger partial charge in [-0.3, -0.25) is 9.10 Å². The molecule has 24 heavy (non-hydrogen) atoms. The van der Waals surface area contributed by atoms with Crippen molar-refractivity contribution in [3.05, 3.63) is 52.5 Å². The summed E-state index contributed by atoms with van der Waals surface area (Å²) in [5.41, 5.74) is 0.260. The van der Waals surface area contributed by atoms with Gasteiger partial charge < -0.3 is 4.74 Å². The van der Waals surface area contributed by atoms with E-state index in [2.05, 4.69) is 0 Å². The molecule has 0 radical (unpaired) electrons. The summed E-state index contributed by atoms with van der Waals surface area (Å²) in [5.74, 6) is 0.544. The van der Waals surface area contributed by atoms with Crippen molar-refractivity contribution in [2.75, 3.05) is 18.0 Å². The van der Waals surface area contributed by atoms with Crippen LogP contribution in [0.4, 0.5) is 5.69 Å². The smallest absolute Gasteiger partial charge is 0.264 e. The number of carbonyl (C=O) groups is 1. The summed E-state index contributed by atoms with van der Waals surface area (Å²) in [6.07, 6.45) is 0. The molecule has 0 bridgehead atoms. The van der Waals surface area contributed by atoms with Crippen molar-refractivity contribution in [1.29, 1.82) is 0 Å². The van der Waals surface area contributed by atoms with Crippen molar-refractivity contribution < 1.29 is 17.9 Å². The molecule has 0 aliphatic rings. The first-order valence-corrected chi connectivity index (χ1v) is 9.13. The number of hydrogen-bond donors (Lipinski definition) is 0. The maximum absolute atomic E-state index is 12.9. The molecule has 0 N–H and O–H groups in total. The fourth-order valence-electron chi connectivity index (χ4n) is 1.94. The van der Waals surface area contributed by atoms with Crippen molar-refractivity contribution in [3.63, 3.8) is 0 Å². The first-order chi connectivity index (χ1) is 11.3. The third-order valence-corrected chi connectivity index (χ3v) is 5.74. The fraction of sp³-hybridized carbons (Fsp3) is 0.133. The van der Waals surface area contributed by atoms with Gasteiger partial charge in [-0.15, -0.1) is 0 Å². The van der Waals surface area contributed by atoms with Crippen molar-refractivity contribution in [2.45, 2.75) is 4.90 Å². The van der Waals surface area contributed by atoms with Crippen LogP contribution >= 0.6 is 34.8 Å². The highest BCUT2D eigenvalue weighted by molar-refractivity contribution is 7.92. The Balaban J connectivity index is 2.52. The van der Waals surface area contributed by atoms with Gasteiger partial charge in [0, 0.05) is 0 Å². The Hall–Kier alpha value is -1.47. The van der Waals surface area contributed by atoms with Gasteiger partial charge in [0.2, 0.25) is 5.24 Å². The highest BCUT2D eigenvalue weighted by Gasteiger charge is 2.27. The van der Waals surface area contributed by atoms with Crippen LogP contribution in [0.2, 0.25) is 10.0 Å². The SMILES string of the molecule is COc1ccc(N(CC(=O)Cl)S(=O)(=O)c2ccc(Cl)c(Cl)c2)cc1. The molecule has 2 rings (SSSR count). The zero-order chi connectivity index (χ0) is 17.9. The Morgan fingerprint density at radius 1 is 1.08 bits per heavy atom. The molecule has 128 valence electrons. The highest BCUT2D eigenvalue weighted by atomic mass is 35.5. The number of rotatable bonds is 6. The Bertz CT molecular complexity index is 854. The lowest BCUT2D eigenvalue weighted by molar-refractivity contribution is -0.110. The topological polar surface area (TPSA) is 63.7 Å². The number of ether oxygens (including phenoxy) is 1. The molecule has 0 spiro atoms. The van der Waals surface area contributed by atoms with E-state index in [4.69, 9.17) is 39.5 Å². The van der Waals surface area contributed by atoms with Gasteiger partial charge in [0.15, 0.2) is 0 Å². The largest absolute Gasteiger partial charge is 0.497 e. The molecule has 0 aliphatic carbocycles. The maximum Gasteiger partial charge on any atom is 0.264 e. The van der Waals surface area contributed by atoms with Gasteiger partial charge in [0.05, 0.1) is 27.7 Å². The Labute approximate surface area is 154 Å². The molecule has 9 heteroatoms. The number of hydrogen-bond acceptors (Lipinski definition) is 4.